The van der Waals surface area contributed by atoms with Crippen LogP contribution in [0, 0.1) is 11.8 Å². The molecule has 0 fully saturated rings. The molecule has 0 heterocycles. The summed E-state index contributed by atoms with van der Waals surface area (Å²) in [5.74, 6) is -0.602. The Kier molecular flexibility index (Phi) is 67.4. The molecule has 17 nitrogen and oxygen atoms in total. The van der Waals surface area contributed by atoms with Gasteiger partial charge in [0.1, 0.15) is 19.3 Å². The normalized spacial score (nSPS) is 14.0. The summed E-state index contributed by atoms with van der Waals surface area (Å²) in [7, 11) is -9.91. The first-order valence-corrected chi connectivity index (χ1v) is 43.0. The molecule has 3 N–H and O–H groups in total. The van der Waals surface area contributed by atoms with Gasteiger partial charge < -0.3 is 33.8 Å². The Balaban J connectivity index is 5.25. The van der Waals surface area contributed by atoms with Gasteiger partial charge in [-0.05, 0) is 37.5 Å². The van der Waals surface area contributed by atoms with Gasteiger partial charge in [-0.2, -0.15) is 0 Å². The molecule has 0 aromatic rings. The molecular weight excluding hydrogens is 1260 g/mol. The molecule has 0 rings (SSSR count). The zero-order chi connectivity index (χ0) is 70.7. The lowest BCUT2D eigenvalue weighted by molar-refractivity contribution is -0.161. The van der Waals surface area contributed by atoms with Gasteiger partial charge in [-0.1, -0.05) is 350 Å². The Labute approximate surface area is 588 Å². The average molecular weight is 1410 g/mol. The van der Waals surface area contributed by atoms with E-state index in [-0.39, 0.29) is 25.7 Å². The summed E-state index contributed by atoms with van der Waals surface area (Å²) in [6.45, 7) is 9.59. The molecule has 0 aliphatic carbocycles. The minimum atomic E-state index is -4.96. The van der Waals surface area contributed by atoms with E-state index in [4.69, 9.17) is 37.0 Å². The number of phosphoric ester groups is 2. The molecule has 19 heteroatoms. The number of esters is 4. The Morgan fingerprint density at radius 2 is 0.479 bits per heavy atom. The number of aliphatic hydroxyl groups excluding tert-OH is 1. The van der Waals surface area contributed by atoms with E-state index in [2.05, 4.69) is 41.5 Å². The van der Waals surface area contributed by atoms with Crippen LogP contribution in [-0.4, -0.2) is 96.7 Å². The molecule has 570 valence electrons. The van der Waals surface area contributed by atoms with Crippen LogP contribution in [0.4, 0.5) is 0 Å². The molecule has 0 bridgehead atoms. The summed E-state index contributed by atoms with van der Waals surface area (Å²) in [6.07, 6.45) is 56.8. The van der Waals surface area contributed by atoms with Crippen LogP contribution in [0.3, 0.4) is 0 Å². The molecule has 0 saturated heterocycles. The van der Waals surface area contributed by atoms with Crippen LogP contribution in [-0.2, 0) is 65.4 Å². The number of carbonyl (C=O) groups is 4. The summed E-state index contributed by atoms with van der Waals surface area (Å²) >= 11 is 0. The van der Waals surface area contributed by atoms with Gasteiger partial charge in [-0.3, -0.25) is 37.3 Å². The average Bonchev–Trinajstić information content (AvgIpc) is 1.09. The van der Waals surface area contributed by atoms with Gasteiger partial charge in [0.2, 0.25) is 0 Å². The predicted octanol–water partition coefficient (Wildman–Crippen LogP) is 22.7. The fourth-order valence-corrected chi connectivity index (χ4v) is 13.4. The van der Waals surface area contributed by atoms with Crippen molar-refractivity contribution >= 4 is 39.5 Å². The zero-order valence-electron chi connectivity index (χ0n) is 62.7. The van der Waals surface area contributed by atoms with Crippen LogP contribution in [0.1, 0.15) is 401 Å². The third-order valence-corrected chi connectivity index (χ3v) is 19.9. The second-order valence-corrected chi connectivity index (χ2v) is 31.6. The van der Waals surface area contributed by atoms with Crippen LogP contribution in [0.15, 0.2) is 0 Å². The maximum atomic E-state index is 13.1. The second kappa shape index (κ2) is 68.8. The van der Waals surface area contributed by atoms with Crippen molar-refractivity contribution in [2.24, 2.45) is 11.8 Å². The molecule has 0 aromatic heterocycles. The standard InChI is InChI=1S/C77H150O17P2/c1-7-9-11-13-15-17-19-21-22-23-24-25-26-28-37-43-49-55-61-76(81)93-72(66-88-75(80)60-54-48-42-36-31-29-33-39-45-51-57-69(3)4)67-91-95(83,84)89-63-71(78)64-90-96(85,86)92-68-73(65-87-74(79)59-53-47-41-35-27-20-18-16-14-12-10-8-2)94-77(82)62-56-50-44-38-32-30-34-40-46-52-58-70(5)6/h69-73,78H,7-68H2,1-6H3,(H,83,84)(H,85,86)/t71-,72-,73-/m1/s1. The lowest BCUT2D eigenvalue weighted by Gasteiger charge is -2.21. The molecule has 0 amide bonds. The van der Waals surface area contributed by atoms with Gasteiger partial charge in [-0.25, -0.2) is 9.13 Å². The summed E-state index contributed by atoms with van der Waals surface area (Å²) in [4.78, 5) is 72.9. The molecule has 2 unspecified atom stereocenters. The van der Waals surface area contributed by atoms with Crippen LogP contribution in [0.25, 0.3) is 0 Å². The Morgan fingerprint density at radius 3 is 0.708 bits per heavy atom. The van der Waals surface area contributed by atoms with Crippen LogP contribution in [0.5, 0.6) is 0 Å². The summed E-state index contributed by atoms with van der Waals surface area (Å²) in [5.41, 5.74) is 0. The van der Waals surface area contributed by atoms with Crippen molar-refractivity contribution < 1.29 is 80.2 Å². The fourth-order valence-electron chi connectivity index (χ4n) is 11.8. The number of ether oxygens (including phenoxy) is 4. The first-order chi connectivity index (χ1) is 46.4. The van der Waals surface area contributed by atoms with Crippen molar-refractivity contribution in [1.82, 2.24) is 0 Å². The van der Waals surface area contributed by atoms with Crippen molar-refractivity contribution in [2.75, 3.05) is 39.6 Å². The lowest BCUT2D eigenvalue weighted by Crippen LogP contribution is -2.30. The monoisotopic (exact) mass is 1410 g/mol. The van der Waals surface area contributed by atoms with Gasteiger partial charge in [0.05, 0.1) is 26.4 Å². The molecule has 96 heavy (non-hydrogen) atoms. The minimum absolute atomic E-state index is 0.106. The van der Waals surface area contributed by atoms with Crippen LogP contribution >= 0.6 is 15.6 Å². The Bertz CT molecular complexity index is 1860. The van der Waals surface area contributed by atoms with Gasteiger partial charge in [-0.15, -0.1) is 0 Å². The Morgan fingerprint density at radius 1 is 0.281 bits per heavy atom. The van der Waals surface area contributed by atoms with Crippen molar-refractivity contribution in [3.05, 3.63) is 0 Å². The van der Waals surface area contributed by atoms with Crippen molar-refractivity contribution in [3.8, 4) is 0 Å². The van der Waals surface area contributed by atoms with E-state index < -0.39 is 97.5 Å². The van der Waals surface area contributed by atoms with E-state index >= 15 is 0 Å². The second-order valence-electron chi connectivity index (χ2n) is 28.7. The third kappa shape index (κ3) is 70.5. The quantitative estimate of drug-likeness (QED) is 0.0222. The van der Waals surface area contributed by atoms with Crippen molar-refractivity contribution in [1.29, 1.82) is 0 Å². The summed E-state index contributed by atoms with van der Waals surface area (Å²) < 4.78 is 68.6. The Hall–Kier alpha value is -1.94. The van der Waals surface area contributed by atoms with Crippen molar-refractivity contribution in [2.45, 2.75) is 419 Å². The van der Waals surface area contributed by atoms with E-state index in [1.807, 2.05) is 0 Å². The highest BCUT2D eigenvalue weighted by Crippen LogP contribution is 2.45. The van der Waals surface area contributed by atoms with Crippen molar-refractivity contribution in [3.63, 3.8) is 0 Å². The molecule has 5 atom stereocenters. The van der Waals surface area contributed by atoms with Gasteiger partial charge in [0.15, 0.2) is 12.2 Å². The summed E-state index contributed by atoms with van der Waals surface area (Å²) in [6, 6.07) is 0. The molecule has 0 spiro atoms. The highest BCUT2D eigenvalue weighted by molar-refractivity contribution is 7.47. The number of rotatable bonds is 76. The van der Waals surface area contributed by atoms with E-state index in [9.17, 15) is 43.2 Å². The largest absolute Gasteiger partial charge is 0.472 e. The van der Waals surface area contributed by atoms with Gasteiger partial charge >= 0.3 is 39.5 Å². The van der Waals surface area contributed by atoms with E-state index in [1.54, 1.807) is 0 Å². The van der Waals surface area contributed by atoms with Gasteiger partial charge in [0, 0.05) is 25.7 Å². The third-order valence-electron chi connectivity index (χ3n) is 18.0. The molecular formula is C77H150O17P2. The maximum Gasteiger partial charge on any atom is 0.472 e. The van der Waals surface area contributed by atoms with Gasteiger partial charge in [0.25, 0.3) is 0 Å². The zero-order valence-corrected chi connectivity index (χ0v) is 64.5. The fraction of sp³-hybridized carbons (Fsp3) is 0.948. The number of carbonyl (C=O) groups excluding carboxylic acids is 4. The number of unbranched alkanes of at least 4 members (excludes halogenated alkanes) is 46. The summed E-state index contributed by atoms with van der Waals surface area (Å²) in [5, 5.41) is 10.6. The van der Waals surface area contributed by atoms with E-state index in [0.717, 1.165) is 102 Å². The first-order valence-electron chi connectivity index (χ1n) is 40.0. The topological polar surface area (TPSA) is 237 Å². The number of hydrogen-bond donors (Lipinski definition) is 3. The number of aliphatic hydroxyl groups is 1. The van der Waals surface area contributed by atoms with Crippen LogP contribution < -0.4 is 0 Å². The molecule has 0 aromatic carbocycles. The highest BCUT2D eigenvalue weighted by atomic mass is 31.2. The van der Waals surface area contributed by atoms with E-state index in [1.165, 1.54) is 218 Å². The smallest absolute Gasteiger partial charge is 0.462 e. The molecule has 0 radical (unpaired) electrons. The molecule has 0 saturated carbocycles. The highest BCUT2D eigenvalue weighted by Gasteiger charge is 2.30. The number of hydrogen-bond acceptors (Lipinski definition) is 15. The molecule has 0 aliphatic heterocycles. The SMILES string of the molecule is CCCCCCCCCCCCCCCCCCCCC(=O)O[C@H](COC(=O)CCCCCCCCCCCCC(C)C)COP(=O)(O)OC[C@@H](O)COP(=O)(O)OC[C@@H](COC(=O)CCCCCCCCCCCCCC)OC(=O)CCCCCCCCCCCCC(C)C. The lowest BCUT2D eigenvalue weighted by atomic mass is 10.0. The van der Waals surface area contributed by atoms with Crippen LogP contribution in [0.2, 0.25) is 0 Å². The van der Waals surface area contributed by atoms with E-state index in [0.29, 0.717) is 25.7 Å². The first kappa shape index (κ1) is 94.1. The number of phosphoric acid groups is 2. The predicted molar refractivity (Wildman–Crippen MR) is 391 cm³/mol. The molecule has 0 aliphatic rings. The minimum Gasteiger partial charge on any atom is -0.462 e. The maximum absolute atomic E-state index is 13.1.